The first-order valence-corrected chi connectivity index (χ1v) is 8.19. The average Bonchev–Trinajstić information content (AvgIpc) is 2.38. The summed E-state index contributed by atoms with van der Waals surface area (Å²) in [5.41, 5.74) is 2.23. The van der Waals surface area contributed by atoms with Crippen LogP contribution in [-0.4, -0.2) is 45.1 Å². The molecule has 0 fully saturated rings. The largest absolute Gasteiger partial charge is 0.392 e. The molecule has 0 aliphatic carbocycles. The highest BCUT2D eigenvalue weighted by atomic mass is 32.2. The molecule has 2 N–H and O–H groups in total. The van der Waals surface area contributed by atoms with Crippen molar-refractivity contribution in [2.75, 3.05) is 26.7 Å². The van der Waals surface area contributed by atoms with E-state index in [1.54, 1.807) is 19.1 Å². The van der Waals surface area contributed by atoms with Crippen LogP contribution in [0.15, 0.2) is 17.0 Å². The molecule has 0 atom stereocenters. The van der Waals surface area contributed by atoms with Crippen molar-refractivity contribution < 1.29 is 13.5 Å². The Morgan fingerprint density at radius 3 is 2.45 bits per heavy atom. The number of nitrogens with zero attached hydrogens (tertiary/aromatic N) is 1. The highest BCUT2D eigenvalue weighted by molar-refractivity contribution is 7.89. The Labute approximate surface area is 121 Å². The van der Waals surface area contributed by atoms with Crippen LogP contribution >= 0.6 is 0 Å². The molecule has 5 nitrogen and oxygen atoms in total. The molecular weight excluding hydrogens is 276 g/mol. The molecular formula is C14H24N2O3S. The number of likely N-dealkylation sites (N-methyl/N-ethyl adjacent to an activating group) is 1. The molecule has 6 heteroatoms. The quantitative estimate of drug-likeness (QED) is 0.789. The maximum absolute atomic E-state index is 12.3. The van der Waals surface area contributed by atoms with Crippen molar-refractivity contribution in [1.29, 1.82) is 0 Å². The number of hydrogen-bond acceptors (Lipinski definition) is 4. The van der Waals surface area contributed by atoms with Gasteiger partial charge >= 0.3 is 0 Å². The number of aliphatic hydroxyl groups is 1. The molecule has 0 bridgehead atoms. The van der Waals surface area contributed by atoms with Crippen LogP contribution < -0.4 is 4.72 Å². The number of aryl methyl sites for hydroxylation is 2. The van der Waals surface area contributed by atoms with Gasteiger partial charge in [0.05, 0.1) is 11.5 Å². The van der Waals surface area contributed by atoms with Crippen molar-refractivity contribution in [3.8, 4) is 0 Å². The van der Waals surface area contributed by atoms with Crippen molar-refractivity contribution in [3.05, 3.63) is 28.8 Å². The van der Waals surface area contributed by atoms with Gasteiger partial charge in [0.15, 0.2) is 0 Å². The van der Waals surface area contributed by atoms with E-state index in [9.17, 15) is 13.5 Å². The van der Waals surface area contributed by atoms with Crippen LogP contribution in [0.25, 0.3) is 0 Å². The van der Waals surface area contributed by atoms with Crippen molar-refractivity contribution in [1.82, 2.24) is 9.62 Å². The standard InChI is InChI=1S/C14H24N2O3S/c1-5-16(4)7-6-15-20(18,19)14-9-13(10-17)11(2)8-12(14)3/h8-9,15,17H,5-7,10H2,1-4H3. The molecule has 114 valence electrons. The second-order valence-electron chi connectivity index (χ2n) is 5.00. The van der Waals surface area contributed by atoms with E-state index in [1.165, 1.54) is 0 Å². The molecule has 0 saturated carbocycles. The van der Waals surface area contributed by atoms with Gasteiger partial charge < -0.3 is 10.0 Å². The van der Waals surface area contributed by atoms with Gasteiger partial charge in [-0.15, -0.1) is 0 Å². The zero-order chi connectivity index (χ0) is 15.3. The van der Waals surface area contributed by atoms with E-state index in [0.717, 1.165) is 12.1 Å². The predicted octanol–water partition coefficient (Wildman–Crippen LogP) is 1.03. The SMILES string of the molecule is CCN(C)CCNS(=O)(=O)c1cc(CO)c(C)cc1C. The molecule has 1 aromatic rings. The summed E-state index contributed by atoms with van der Waals surface area (Å²) in [4.78, 5) is 2.27. The number of hydrogen-bond donors (Lipinski definition) is 2. The van der Waals surface area contributed by atoms with Crippen LogP contribution in [0.2, 0.25) is 0 Å². The zero-order valence-corrected chi connectivity index (χ0v) is 13.4. The molecule has 1 aromatic carbocycles. The van der Waals surface area contributed by atoms with E-state index < -0.39 is 10.0 Å². The Morgan fingerprint density at radius 1 is 1.25 bits per heavy atom. The number of aliphatic hydroxyl groups excluding tert-OH is 1. The van der Waals surface area contributed by atoms with E-state index in [4.69, 9.17) is 0 Å². The highest BCUT2D eigenvalue weighted by Crippen LogP contribution is 2.20. The fourth-order valence-electron chi connectivity index (χ4n) is 1.94. The molecule has 0 spiro atoms. The lowest BCUT2D eigenvalue weighted by molar-refractivity contribution is 0.280. The molecule has 0 heterocycles. The van der Waals surface area contributed by atoms with Crippen molar-refractivity contribution in [3.63, 3.8) is 0 Å². The molecule has 20 heavy (non-hydrogen) atoms. The third-order valence-corrected chi connectivity index (χ3v) is 5.02. The van der Waals surface area contributed by atoms with Gasteiger partial charge in [0.25, 0.3) is 0 Å². The van der Waals surface area contributed by atoms with Gasteiger partial charge in [-0.05, 0) is 50.2 Å². The molecule has 0 amide bonds. The summed E-state index contributed by atoms with van der Waals surface area (Å²) in [5, 5.41) is 9.26. The van der Waals surface area contributed by atoms with Crippen LogP contribution in [-0.2, 0) is 16.6 Å². The van der Waals surface area contributed by atoms with E-state index in [1.807, 2.05) is 25.8 Å². The average molecular weight is 300 g/mol. The highest BCUT2D eigenvalue weighted by Gasteiger charge is 2.18. The van der Waals surface area contributed by atoms with E-state index in [-0.39, 0.29) is 11.5 Å². The molecule has 0 aliphatic heterocycles. The Bertz CT molecular complexity index is 556. The maximum Gasteiger partial charge on any atom is 0.240 e. The van der Waals surface area contributed by atoms with E-state index >= 15 is 0 Å². The third-order valence-electron chi connectivity index (χ3n) is 3.42. The lowest BCUT2D eigenvalue weighted by atomic mass is 10.1. The van der Waals surface area contributed by atoms with Crippen molar-refractivity contribution >= 4 is 10.0 Å². The van der Waals surface area contributed by atoms with Gasteiger partial charge in [-0.1, -0.05) is 13.0 Å². The molecule has 0 aromatic heterocycles. The summed E-state index contributed by atoms with van der Waals surface area (Å²) in [6, 6.07) is 3.34. The summed E-state index contributed by atoms with van der Waals surface area (Å²) >= 11 is 0. The first kappa shape index (κ1) is 17.1. The topological polar surface area (TPSA) is 69.6 Å². The second kappa shape index (κ2) is 7.17. The summed E-state index contributed by atoms with van der Waals surface area (Å²) in [7, 11) is -1.59. The van der Waals surface area contributed by atoms with Crippen LogP contribution in [0.4, 0.5) is 0 Å². The Kier molecular flexibility index (Phi) is 6.13. The monoisotopic (exact) mass is 300 g/mol. The normalized spacial score (nSPS) is 12.1. The number of sulfonamides is 1. The summed E-state index contributed by atoms with van der Waals surface area (Å²) in [6.07, 6.45) is 0. The zero-order valence-electron chi connectivity index (χ0n) is 12.6. The minimum absolute atomic E-state index is 0.160. The van der Waals surface area contributed by atoms with Gasteiger partial charge in [-0.2, -0.15) is 0 Å². The van der Waals surface area contributed by atoms with Crippen LogP contribution in [0.5, 0.6) is 0 Å². The third kappa shape index (κ3) is 4.28. The second-order valence-corrected chi connectivity index (χ2v) is 6.73. The molecule has 0 unspecified atom stereocenters. The van der Waals surface area contributed by atoms with Gasteiger partial charge in [-0.25, -0.2) is 13.1 Å². The Balaban J connectivity index is 2.92. The first-order valence-electron chi connectivity index (χ1n) is 6.71. The van der Waals surface area contributed by atoms with Gasteiger partial charge in [-0.3, -0.25) is 0 Å². The molecule has 0 saturated heterocycles. The molecule has 0 radical (unpaired) electrons. The fraction of sp³-hybridized carbons (Fsp3) is 0.571. The minimum Gasteiger partial charge on any atom is -0.392 e. The summed E-state index contributed by atoms with van der Waals surface area (Å²) in [5.74, 6) is 0. The van der Waals surface area contributed by atoms with Crippen molar-refractivity contribution in [2.45, 2.75) is 32.3 Å². The first-order chi connectivity index (χ1) is 9.31. The van der Waals surface area contributed by atoms with Gasteiger partial charge in [0, 0.05) is 13.1 Å². The summed E-state index contributed by atoms with van der Waals surface area (Å²) in [6.45, 7) is 7.39. The van der Waals surface area contributed by atoms with E-state index in [2.05, 4.69) is 4.72 Å². The molecule has 0 aliphatic rings. The van der Waals surface area contributed by atoms with Crippen LogP contribution in [0.3, 0.4) is 0 Å². The minimum atomic E-state index is -3.53. The fourth-order valence-corrected chi connectivity index (χ4v) is 3.24. The van der Waals surface area contributed by atoms with Crippen molar-refractivity contribution in [2.24, 2.45) is 0 Å². The Hall–Kier alpha value is -0.950. The maximum atomic E-state index is 12.3. The van der Waals surface area contributed by atoms with Gasteiger partial charge in [0.1, 0.15) is 0 Å². The van der Waals surface area contributed by atoms with Gasteiger partial charge in [0.2, 0.25) is 10.0 Å². The molecule has 1 rings (SSSR count). The number of nitrogens with one attached hydrogen (secondary N) is 1. The smallest absolute Gasteiger partial charge is 0.240 e. The number of rotatable bonds is 7. The lowest BCUT2D eigenvalue weighted by Gasteiger charge is -2.16. The van der Waals surface area contributed by atoms with Crippen LogP contribution in [0, 0.1) is 13.8 Å². The Morgan fingerprint density at radius 2 is 1.90 bits per heavy atom. The van der Waals surface area contributed by atoms with Crippen LogP contribution in [0.1, 0.15) is 23.6 Å². The lowest BCUT2D eigenvalue weighted by Crippen LogP contribution is -2.33. The van der Waals surface area contributed by atoms with E-state index in [0.29, 0.717) is 24.2 Å². The predicted molar refractivity (Wildman–Crippen MR) is 80.2 cm³/mol. The number of benzene rings is 1. The summed E-state index contributed by atoms with van der Waals surface area (Å²) < 4.78 is 27.2.